The molecule has 66 valence electrons. The van der Waals surface area contributed by atoms with Crippen molar-refractivity contribution in [1.29, 1.82) is 0 Å². The predicted octanol–water partition coefficient (Wildman–Crippen LogP) is 3.21. The third-order valence-electron chi connectivity index (χ3n) is 2.30. The summed E-state index contributed by atoms with van der Waals surface area (Å²) in [6.07, 6.45) is 1.19. The van der Waals surface area contributed by atoms with E-state index in [0.717, 1.165) is 5.75 Å². The van der Waals surface area contributed by atoms with Crippen LogP contribution in [-0.2, 0) is 0 Å². The average Bonchev–Trinajstić information content (AvgIpc) is 2.17. The molecule has 1 nitrogen and oxygen atoms in total. The van der Waals surface area contributed by atoms with Crippen molar-refractivity contribution < 1.29 is 4.74 Å². The van der Waals surface area contributed by atoms with Gasteiger partial charge < -0.3 is 4.74 Å². The quantitative estimate of drug-likeness (QED) is 0.666. The SMILES string of the molecule is CC[C@H](C)c1ccc(OC)cc1. The summed E-state index contributed by atoms with van der Waals surface area (Å²) in [4.78, 5) is 0. The van der Waals surface area contributed by atoms with Crippen LogP contribution in [0.15, 0.2) is 24.3 Å². The van der Waals surface area contributed by atoms with Crippen LogP contribution in [0.25, 0.3) is 0 Å². The van der Waals surface area contributed by atoms with Crippen LogP contribution < -0.4 is 4.74 Å². The molecule has 0 radical (unpaired) electrons. The number of benzene rings is 1. The molecule has 0 saturated heterocycles. The van der Waals surface area contributed by atoms with Crippen LogP contribution in [0.4, 0.5) is 0 Å². The molecule has 12 heavy (non-hydrogen) atoms. The van der Waals surface area contributed by atoms with Gasteiger partial charge in [-0.05, 0) is 30.0 Å². The Morgan fingerprint density at radius 3 is 2.25 bits per heavy atom. The summed E-state index contributed by atoms with van der Waals surface area (Å²) in [5.41, 5.74) is 1.39. The molecule has 0 aliphatic rings. The van der Waals surface area contributed by atoms with Gasteiger partial charge in [0, 0.05) is 0 Å². The van der Waals surface area contributed by atoms with Gasteiger partial charge in [0.2, 0.25) is 0 Å². The van der Waals surface area contributed by atoms with E-state index in [1.54, 1.807) is 7.11 Å². The fourth-order valence-electron chi connectivity index (χ4n) is 1.17. The third-order valence-corrected chi connectivity index (χ3v) is 2.30. The van der Waals surface area contributed by atoms with E-state index >= 15 is 0 Å². The first-order valence-corrected chi connectivity index (χ1v) is 4.42. The van der Waals surface area contributed by atoms with Crippen molar-refractivity contribution in [3.8, 4) is 5.75 Å². The Morgan fingerprint density at radius 2 is 1.83 bits per heavy atom. The molecule has 1 heteroatoms. The maximum absolute atomic E-state index is 5.08. The van der Waals surface area contributed by atoms with Crippen LogP contribution in [0.3, 0.4) is 0 Å². The van der Waals surface area contributed by atoms with Crippen molar-refractivity contribution in [1.82, 2.24) is 0 Å². The molecule has 0 aromatic heterocycles. The molecule has 0 fully saturated rings. The Bertz CT molecular complexity index is 225. The highest BCUT2D eigenvalue weighted by Crippen LogP contribution is 2.20. The van der Waals surface area contributed by atoms with Gasteiger partial charge in [0.15, 0.2) is 0 Å². The van der Waals surface area contributed by atoms with Crippen molar-refractivity contribution in [2.75, 3.05) is 7.11 Å². The van der Waals surface area contributed by atoms with Crippen LogP contribution in [0.5, 0.6) is 5.75 Å². The normalized spacial score (nSPS) is 12.6. The average molecular weight is 164 g/mol. The molecule has 1 atom stereocenters. The molecule has 1 rings (SSSR count). The first-order chi connectivity index (χ1) is 5.77. The summed E-state index contributed by atoms with van der Waals surface area (Å²) in [5, 5.41) is 0. The van der Waals surface area contributed by atoms with Gasteiger partial charge in [-0.1, -0.05) is 26.0 Å². The third kappa shape index (κ3) is 2.00. The fourth-order valence-corrected chi connectivity index (χ4v) is 1.17. The van der Waals surface area contributed by atoms with Gasteiger partial charge in [-0.3, -0.25) is 0 Å². The predicted molar refractivity (Wildman–Crippen MR) is 51.7 cm³/mol. The van der Waals surface area contributed by atoms with Gasteiger partial charge in [-0.2, -0.15) is 0 Å². The number of rotatable bonds is 3. The summed E-state index contributed by atoms with van der Waals surface area (Å²) in [6, 6.07) is 8.29. The number of methoxy groups -OCH3 is 1. The molecule has 0 bridgehead atoms. The number of hydrogen-bond donors (Lipinski definition) is 0. The van der Waals surface area contributed by atoms with Crippen molar-refractivity contribution in [3.63, 3.8) is 0 Å². The maximum Gasteiger partial charge on any atom is 0.118 e. The topological polar surface area (TPSA) is 9.23 Å². The lowest BCUT2D eigenvalue weighted by atomic mass is 9.99. The van der Waals surface area contributed by atoms with Gasteiger partial charge in [0.05, 0.1) is 7.11 Å². The summed E-state index contributed by atoms with van der Waals surface area (Å²) < 4.78 is 5.08. The molecule has 0 amide bonds. The largest absolute Gasteiger partial charge is 0.497 e. The van der Waals surface area contributed by atoms with Gasteiger partial charge in [-0.15, -0.1) is 0 Å². The summed E-state index contributed by atoms with van der Waals surface area (Å²) in [5.74, 6) is 1.58. The summed E-state index contributed by atoms with van der Waals surface area (Å²) in [6.45, 7) is 4.44. The van der Waals surface area contributed by atoms with E-state index in [2.05, 4.69) is 26.0 Å². The van der Waals surface area contributed by atoms with Crippen LogP contribution in [0.1, 0.15) is 31.7 Å². The van der Waals surface area contributed by atoms with E-state index in [1.165, 1.54) is 12.0 Å². The summed E-state index contributed by atoms with van der Waals surface area (Å²) >= 11 is 0. The molecule has 0 saturated carbocycles. The van der Waals surface area contributed by atoms with Crippen LogP contribution >= 0.6 is 0 Å². The Balaban J connectivity index is 2.77. The van der Waals surface area contributed by atoms with Crippen LogP contribution in [0.2, 0.25) is 0 Å². The molecular weight excluding hydrogens is 148 g/mol. The Morgan fingerprint density at radius 1 is 1.25 bits per heavy atom. The lowest BCUT2D eigenvalue weighted by molar-refractivity contribution is 0.414. The zero-order valence-electron chi connectivity index (χ0n) is 8.00. The standard InChI is InChI=1S/C11H16O/c1-4-9(2)10-5-7-11(12-3)8-6-10/h5-9H,4H2,1-3H3/t9-/m0/s1. The highest BCUT2D eigenvalue weighted by atomic mass is 16.5. The van der Waals surface area contributed by atoms with Crippen molar-refractivity contribution in [3.05, 3.63) is 29.8 Å². The minimum absolute atomic E-state index is 0.649. The van der Waals surface area contributed by atoms with E-state index in [9.17, 15) is 0 Å². The smallest absolute Gasteiger partial charge is 0.118 e. The lowest BCUT2D eigenvalue weighted by Gasteiger charge is -2.08. The maximum atomic E-state index is 5.08. The molecule has 0 aliphatic heterocycles. The zero-order valence-corrected chi connectivity index (χ0v) is 8.00. The summed E-state index contributed by atoms with van der Waals surface area (Å²) in [7, 11) is 1.69. The molecule has 1 aromatic rings. The van der Waals surface area contributed by atoms with Crippen molar-refractivity contribution >= 4 is 0 Å². The fraction of sp³-hybridized carbons (Fsp3) is 0.455. The minimum atomic E-state index is 0.649. The van der Waals surface area contributed by atoms with E-state index in [1.807, 2.05) is 12.1 Å². The van der Waals surface area contributed by atoms with Crippen LogP contribution in [-0.4, -0.2) is 7.11 Å². The van der Waals surface area contributed by atoms with E-state index in [4.69, 9.17) is 4.74 Å². The molecule has 0 aliphatic carbocycles. The van der Waals surface area contributed by atoms with Crippen molar-refractivity contribution in [2.45, 2.75) is 26.2 Å². The van der Waals surface area contributed by atoms with E-state index in [-0.39, 0.29) is 0 Å². The van der Waals surface area contributed by atoms with Crippen molar-refractivity contribution in [2.24, 2.45) is 0 Å². The van der Waals surface area contributed by atoms with Gasteiger partial charge in [0.25, 0.3) is 0 Å². The molecular formula is C11H16O. The second kappa shape index (κ2) is 4.15. The number of hydrogen-bond acceptors (Lipinski definition) is 1. The molecule has 0 spiro atoms. The van der Waals surface area contributed by atoms with Gasteiger partial charge in [-0.25, -0.2) is 0 Å². The molecule has 0 unspecified atom stereocenters. The monoisotopic (exact) mass is 164 g/mol. The molecule has 1 aromatic carbocycles. The van der Waals surface area contributed by atoms with Crippen LogP contribution in [0, 0.1) is 0 Å². The number of ether oxygens (including phenoxy) is 1. The van der Waals surface area contributed by atoms with Gasteiger partial charge >= 0.3 is 0 Å². The highest BCUT2D eigenvalue weighted by molar-refractivity contribution is 5.28. The lowest BCUT2D eigenvalue weighted by Crippen LogP contribution is -1.90. The zero-order chi connectivity index (χ0) is 8.97. The molecule has 0 heterocycles. The van der Waals surface area contributed by atoms with E-state index < -0.39 is 0 Å². The molecule has 0 N–H and O–H groups in total. The Hall–Kier alpha value is -0.980. The Labute approximate surface area is 74.4 Å². The minimum Gasteiger partial charge on any atom is -0.497 e. The van der Waals surface area contributed by atoms with E-state index in [0.29, 0.717) is 5.92 Å². The van der Waals surface area contributed by atoms with Gasteiger partial charge in [0.1, 0.15) is 5.75 Å². The Kier molecular flexibility index (Phi) is 3.15. The first kappa shape index (κ1) is 9.11. The second-order valence-corrected chi connectivity index (χ2v) is 3.08. The second-order valence-electron chi connectivity index (χ2n) is 3.08. The highest BCUT2D eigenvalue weighted by Gasteiger charge is 2.01. The first-order valence-electron chi connectivity index (χ1n) is 4.42.